The summed E-state index contributed by atoms with van der Waals surface area (Å²) in [6.07, 6.45) is 4.90. The predicted octanol–water partition coefficient (Wildman–Crippen LogP) is 1.32. The van der Waals surface area contributed by atoms with Crippen molar-refractivity contribution in [2.45, 2.75) is 31.7 Å². The fourth-order valence-electron chi connectivity index (χ4n) is 2.80. The summed E-state index contributed by atoms with van der Waals surface area (Å²) >= 11 is 0. The Morgan fingerprint density at radius 1 is 1.13 bits per heavy atom. The zero-order valence-corrected chi connectivity index (χ0v) is 9.65. The van der Waals surface area contributed by atoms with Crippen LogP contribution in [0.2, 0.25) is 0 Å². The Bertz CT molecular complexity index is 238. The molecule has 0 amide bonds. The maximum absolute atomic E-state index is 8.96. The van der Waals surface area contributed by atoms with Crippen molar-refractivity contribution in [1.82, 2.24) is 9.80 Å². The quantitative estimate of drug-likeness (QED) is 0.649. The summed E-state index contributed by atoms with van der Waals surface area (Å²) in [7, 11) is 2.20. The van der Waals surface area contributed by atoms with Gasteiger partial charge in [0.2, 0.25) is 0 Å². The van der Waals surface area contributed by atoms with Crippen LogP contribution >= 0.6 is 0 Å². The van der Waals surface area contributed by atoms with Crippen LogP contribution in [0.4, 0.5) is 0 Å². The summed E-state index contributed by atoms with van der Waals surface area (Å²) < 4.78 is 0. The van der Waals surface area contributed by atoms with Gasteiger partial charge in [-0.3, -0.25) is 4.90 Å². The van der Waals surface area contributed by atoms with Crippen LogP contribution in [0.1, 0.15) is 25.7 Å². The molecule has 2 aliphatic heterocycles. The van der Waals surface area contributed by atoms with E-state index in [0.717, 1.165) is 19.0 Å². The molecule has 2 saturated heterocycles. The molecule has 0 aromatic heterocycles. The van der Waals surface area contributed by atoms with Crippen LogP contribution < -0.4 is 0 Å². The Morgan fingerprint density at radius 2 is 1.87 bits per heavy atom. The number of likely N-dealkylation sites (tertiary alicyclic amines) is 2. The molecular weight excluding hydrogens is 186 g/mol. The van der Waals surface area contributed by atoms with Crippen LogP contribution in [-0.2, 0) is 0 Å². The van der Waals surface area contributed by atoms with Gasteiger partial charge in [-0.05, 0) is 52.4 Å². The van der Waals surface area contributed by atoms with E-state index in [4.69, 9.17) is 5.26 Å². The van der Waals surface area contributed by atoms with Gasteiger partial charge in [-0.25, -0.2) is 0 Å². The molecule has 0 aliphatic carbocycles. The minimum absolute atomic E-state index is 0.290. The van der Waals surface area contributed by atoms with Crippen molar-refractivity contribution in [3.63, 3.8) is 0 Å². The molecule has 2 rings (SSSR count). The molecule has 84 valence electrons. The second kappa shape index (κ2) is 4.96. The molecule has 1 unspecified atom stereocenters. The summed E-state index contributed by atoms with van der Waals surface area (Å²) in [6, 6.07) is 3.18. The monoisotopic (exact) mass is 207 g/mol. The maximum atomic E-state index is 8.96. The van der Waals surface area contributed by atoms with Crippen molar-refractivity contribution in [3.8, 4) is 6.07 Å². The second-order valence-electron chi connectivity index (χ2n) is 5.00. The first-order chi connectivity index (χ1) is 7.29. The lowest BCUT2D eigenvalue weighted by Gasteiger charge is -2.40. The zero-order valence-electron chi connectivity index (χ0n) is 9.65. The van der Waals surface area contributed by atoms with Crippen LogP contribution in [0.15, 0.2) is 0 Å². The van der Waals surface area contributed by atoms with Crippen molar-refractivity contribution < 1.29 is 0 Å². The summed E-state index contributed by atoms with van der Waals surface area (Å²) in [5, 5.41) is 8.96. The topological polar surface area (TPSA) is 30.3 Å². The van der Waals surface area contributed by atoms with Crippen molar-refractivity contribution in [1.29, 1.82) is 5.26 Å². The molecule has 0 saturated carbocycles. The van der Waals surface area contributed by atoms with E-state index in [9.17, 15) is 0 Å². The SMILES string of the molecule is CN1CCC(N2CCCC(C#N)C2)CC1. The number of nitrogens with zero attached hydrogens (tertiary/aromatic N) is 3. The lowest BCUT2D eigenvalue weighted by atomic mass is 9.95. The van der Waals surface area contributed by atoms with Crippen molar-refractivity contribution in [2.75, 3.05) is 33.2 Å². The number of hydrogen-bond acceptors (Lipinski definition) is 3. The fraction of sp³-hybridized carbons (Fsp3) is 0.917. The Balaban J connectivity index is 1.85. The van der Waals surface area contributed by atoms with Gasteiger partial charge in [-0.15, -0.1) is 0 Å². The van der Waals surface area contributed by atoms with Crippen molar-refractivity contribution >= 4 is 0 Å². The molecule has 1 atom stereocenters. The van der Waals surface area contributed by atoms with E-state index in [1.54, 1.807) is 0 Å². The van der Waals surface area contributed by atoms with E-state index in [0.29, 0.717) is 5.92 Å². The molecule has 2 fully saturated rings. The molecule has 0 aromatic carbocycles. The van der Waals surface area contributed by atoms with E-state index >= 15 is 0 Å². The zero-order chi connectivity index (χ0) is 10.7. The highest BCUT2D eigenvalue weighted by Gasteiger charge is 2.27. The predicted molar refractivity (Wildman–Crippen MR) is 60.4 cm³/mol. The maximum Gasteiger partial charge on any atom is 0.0669 e. The molecule has 0 radical (unpaired) electrons. The van der Waals surface area contributed by atoms with Crippen LogP contribution in [-0.4, -0.2) is 49.1 Å². The average molecular weight is 207 g/mol. The summed E-state index contributed by atoms with van der Waals surface area (Å²) in [5.74, 6) is 0.290. The van der Waals surface area contributed by atoms with Crippen LogP contribution in [0, 0.1) is 17.2 Å². The molecule has 0 bridgehead atoms. The Morgan fingerprint density at radius 3 is 2.53 bits per heavy atom. The number of hydrogen-bond donors (Lipinski definition) is 0. The van der Waals surface area contributed by atoms with Gasteiger partial charge >= 0.3 is 0 Å². The van der Waals surface area contributed by atoms with Gasteiger partial charge in [-0.2, -0.15) is 5.26 Å². The third-order valence-corrected chi connectivity index (χ3v) is 3.84. The fourth-order valence-corrected chi connectivity index (χ4v) is 2.80. The summed E-state index contributed by atoms with van der Waals surface area (Å²) in [4.78, 5) is 4.96. The highest BCUT2D eigenvalue weighted by atomic mass is 15.2. The molecule has 0 spiro atoms. The first kappa shape index (κ1) is 10.9. The van der Waals surface area contributed by atoms with E-state index in [2.05, 4.69) is 22.9 Å². The lowest BCUT2D eigenvalue weighted by Crippen LogP contribution is -2.47. The van der Waals surface area contributed by atoms with Crippen LogP contribution in [0.3, 0.4) is 0 Å². The Labute approximate surface area is 92.7 Å². The van der Waals surface area contributed by atoms with Gasteiger partial charge in [0.05, 0.1) is 12.0 Å². The van der Waals surface area contributed by atoms with Gasteiger partial charge in [0.25, 0.3) is 0 Å². The van der Waals surface area contributed by atoms with Crippen LogP contribution in [0.25, 0.3) is 0 Å². The highest BCUT2D eigenvalue weighted by Crippen LogP contribution is 2.22. The summed E-state index contributed by atoms with van der Waals surface area (Å²) in [6.45, 7) is 4.67. The average Bonchev–Trinajstić information content (AvgIpc) is 2.30. The van der Waals surface area contributed by atoms with Gasteiger partial charge in [-0.1, -0.05) is 0 Å². The van der Waals surface area contributed by atoms with Crippen LogP contribution in [0.5, 0.6) is 0 Å². The Kier molecular flexibility index (Phi) is 3.61. The molecule has 0 N–H and O–H groups in total. The third kappa shape index (κ3) is 2.70. The van der Waals surface area contributed by atoms with E-state index < -0.39 is 0 Å². The van der Waals surface area contributed by atoms with Crippen molar-refractivity contribution in [3.05, 3.63) is 0 Å². The van der Waals surface area contributed by atoms with Gasteiger partial charge in [0, 0.05) is 12.6 Å². The molecule has 0 aromatic rings. The molecule has 3 nitrogen and oxygen atoms in total. The molecule has 3 heteroatoms. The second-order valence-corrected chi connectivity index (χ2v) is 5.00. The minimum atomic E-state index is 0.290. The summed E-state index contributed by atoms with van der Waals surface area (Å²) in [5.41, 5.74) is 0. The molecule has 15 heavy (non-hydrogen) atoms. The smallest absolute Gasteiger partial charge is 0.0669 e. The lowest BCUT2D eigenvalue weighted by molar-refractivity contribution is 0.0900. The first-order valence-electron chi connectivity index (χ1n) is 6.12. The Hall–Kier alpha value is -0.590. The number of rotatable bonds is 1. The molecule has 2 aliphatic rings. The molecular formula is C12H21N3. The van der Waals surface area contributed by atoms with E-state index in [1.165, 1.54) is 38.9 Å². The molecule has 2 heterocycles. The van der Waals surface area contributed by atoms with Gasteiger partial charge < -0.3 is 4.90 Å². The number of piperidine rings is 2. The van der Waals surface area contributed by atoms with Crippen molar-refractivity contribution in [2.24, 2.45) is 5.92 Å². The largest absolute Gasteiger partial charge is 0.306 e. The number of nitriles is 1. The van der Waals surface area contributed by atoms with Gasteiger partial charge in [0.1, 0.15) is 0 Å². The van der Waals surface area contributed by atoms with E-state index in [1.807, 2.05) is 0 Å². The van der Waals surface area contributed by atoms with Gasteiger partial charge in [0.15, 0.2) is 0 Å². The third-order valence-electron chi connectivity index (χ3n) is 3.84. The van der Waals surface area contributed by atoms with E-state index in [-0.39, 0.29) is 0 Å². The first-order valence-corrected chi connectivity index (χ1v) is 6.12. The minimum Gasteiger partial charge on any atom is -0.306 e. The standard InChI is InChI=1S/C12H21N3/c1-14-7-4-12(5-8-14)15-6-2-3-11(9-13)10-15/h11-12H,2-8,10H2,1H3. The normalized spacial score (nSPS) is 31.3. The highest BCUT2D eigenvalue weighted by molar-refractivity contribution is 4.91.